The van der Waals surface area contributed by atoms with Crippen molar-refractivity contribution in [3.63, 3.8) is 0 Å². The molecule has 2 heterocycles. The van der Waals surface area contributed by atoms with Crippen LogP contribution in [0.15, 0.2) is 28.7 Å². The van der Waals surface area contributed by atoms with Crippen LogP contribution in [-0.4, -0.2) is 57.2 Å². The summed E-state index contributed by atoms with van der Waals surface area (Å²) >= 11 is 0. The fraction of sp³-hybridized carbons (Fsp3) is 0.467. The van der Waals surface area contributed by atoms with Gasteiger partial charge >= 0.3 is 0 Å². The van der Waals surface area contributed by atoms with E-state index < -0.39 is 10.0 Å². The highest BCUT2D eigenvalue weighted by Gasteiger charge is 2.23. The first-order chi connectivity index (χ1) is 10.5. The van der Waals surface area contributed by atoms with Gasteiger partial charge in [0.05, 0.1) is 19.9 Å². The normalized spacial score (nSPS) is 17.9. The first kappa shape index (κ1) is 15.3. The van der Waals surface area contributed by atoms with Gasteiger partial charge in [-0.05, 0) is 24.3 Å². The third-order valence-electron chi connectivity index (χ3n) is 3.95. The van der Waals surface area contributed by atoms with Crippen molar-refractivity contribution in [3.05, 3.63) is 30.0 Å². The molecule has 0 bridgehead atoms. The lowest BCUT2D eigenvalue weighted by Crippen LogP contribution is -2.47. The molecule has 1 aliphatic rings. The van der Waals surface area contributed by atoms with Gasteiger partial charge in [0.2, 0.25) is 10.0 Å². The maximum Gasteiger partial charge on any atom is 0.211 e. The minimum absolute atomic E-state index is 0.535. The maximum atomic E-state index is 11.5. The Morgan fingerprint density at radius 3 is 2.55 bits per heavy atom. The van der Waals surface area contributed by atoms with Gasteiger partial charge in [0.15, 0.2) is 0 Å². The summed E-state index contributed by atoms with van der Waals surface area (Å²) in [5, 5.41) is 1.02. The molecule has 1 saturated heterocycles. The van der Waals surface area contributed by atoms with Crippen LogP contribution >= 0.6 is 0 Å². The first-order valence-electron chi connectivity index (χ1n) is 7.19. The largest absolute Gasteiger partial charge is 0.497 e. The lowest BCUT2D eigenvalue weighted by Gasteiger charge is -2.32. The third-order valence-corrected chi connectivity index (χ3v) is 5.26. The first-order valence-corrected chi connectivity index (χ1v) is 9.04. The predicted molar refractivity (Wildman–Crippen MR) is 84.5 cm³/mol. The second-order valence-electron chi connectivity index (χ2n) is 5.55. The van der Waals surface area contributed by atoms with E-state index in [9.17, 15) is 8.42 Å². The summed E-state index contributed by atoms with van der Waals surface area (Å²) in [7, 11) is -1.44. The Bertz CT molecular complexity index is 761. The van der Waals surface area contributed by atoms with Gasteiger partial charge in [0, 0.05) is 31.6 Å². The summed E-state index contributed by atoms with van der Waals surface area (Å²) in [6.07, 6.45) is 1.26. The lowest BCUT2D eigenvalue weighted by molar-refractivity contribution is 0.172. The number of methoxy groups -OCH3 is 1. The van der Waals surface area contributed by atoms with E-state index in [-0.39, 0.29) is 0 Å². The predicted octanol–water partition coefficient (Wildman–Crippen LogP) is 1.52. The number of furan rings is 1. The zero-order valence-corrected chi connectivity index (χ0v) is 13.6. The number of nitrogens with zero attached hydrogens (tertiary/aromatic N) is 2. The van der Waals surface area contributed by atoms with Gasteiger partial charge in [-0.25, -0.2) is 8.42 Å². The highest BCUT2D eigenvalue weighted by molar-refractivity contribution is 7.88. The van der Waals surface area contributed by atoms with Gasteiger partial charge in [-0.3, -0.25) is 4.90 Å². The molecule has 2 aromatic rings. The zero-order valence-electron chi connectivity index (χ0n) is 12.8. The highest BCUT2D eigenvalue weighted by Crippen LogP contribution is 2.25. The van der Waals surface area contributed by atoms with E-state index in [0.717, 1.165) is 22.5 Å². The number of piperazine rings is 1. The number of ether oxygens (including phenoxy) is 1. The quantitative estimate of drug-likeness (QED) is 0.853. The van der Waals surface area contributed by atoms with Crippen LogP contribution < -0.4 is 4.74 Å². The molecule has 1 fully saturated rings. The molecule has 1 aliphatic heterocycles. The second kappa shape index (κ2) is 5.91. The number of rotatable bonds is 4. The summed E-state index contributed by atoms with van der Waals surface area (Å²) in [6.45, 7) is 3.19. The van der Waals surface area contributed by atoms with Gasteiger partial charge in [0.1, 0.15) is 17.1 Å². The van der Waals surface area contributed by atoms with Crippen molar-refractivity contribution in [2.24, 2.45) is 0 Å². The van der Waals surface area contributed by atoms with Gasteiger partial charge in [-0.15, -0.1) is 0 Å². The molecule has 22 heavy (non-hydrogen) atoms. The third kappa shape index (κ3) is 3.26. The lowest BCUT2D eigenvalue weighted by atomic mass is 10.2. The van der Waals surface area contributed by atoms with Crippen LogP contribution in [0.25, 0.3) is 11.0 Å². The van der Waals surface area contributed by atoms with E-state index in [1.165, 1.54) is 10.6 Å². The van der Waals surface area contributed by atoms with Crippen LogP contribution in [0.2, 0.25) is 0 Å². The van der Waals surface area contributed by atoms with E-state index in [1.807, 2.05) is 24.3 Å². The molecule has 0 spiro atoms. The van der Waals surface area contributed by atoms with Crippen LogP contribution in [0.4, 0.5) is 0 Å². The summed E-state index contributed by atoms with van der Waals surface area (Å²) in [5.74, 6) is 1.69. The van der Waals surface area contributed by atoms with E-state index in [4.69, 9.17) is 9.15 Å². The molecule has 0 unspecified atom stereocenters. The van der Waals surface area contributed by atoms with Crippen LogP contribution in [0.1, 0.15) is 5.76 Å². The smallest absolute Gasteiger partial charge is 0.211 e. The molecule has 7 heteroatoms. The highest BCUT2D eigenvalue weighted by atomic mass is 32.2. The van der Waals surface area contributed by atoms with E-state index in [1.54, 1.807) is 7.11 Å². The molecule has 3 rings (SSSR count). The molecule has 0 amide bonds. The Balaban J connectivity index is 1.67. The molecule has 0 atom stereocenters. The summed E-state index contributed by atoms with van der Waals surface area (Å²) in [6, 6.07) is 7.74. The van der Waals surface area contributed by atoms with E-state index >= 15 is 0 Å². The molecule has 0 N–H and O–H groups in total. The maximum absolute atomic E-state index is 11.5. The fourth-order valence-electron chi connectivity index (χ4n) is 2.72. The monoisotopic (exact) mass is 324 g/mol. The molecule has 0 radical (unpaired) electrons. The van der Waals surface area contributed by atoms with Gasteiger partial charge < -0.3 is 9.15 Å². The summed E-state index contributed by atoms with van der Waals surface area (Å²) in [5.41, 5.74) is 0.838. The summed E-state index contributed by atoms with van der Waals surface area (Å²) in [4.78, 5) is 2.20. The van der Waals surface area contributed by atoms with Crippen molar-refractivity contribution >= 4 is 21.0 Å². The zero-order chi connectivity index (χ0) is 15.7. The molecule has 1 aromatic heterocycles. The molecule has 1 aromatic carbocycles. The second-order valence-corrected chi connectivity index (χ2v) is 7.54. The number of hydrogen-bond acceptors (Lipinski definition) is 5. The van der Waals surface area contributed by atoms with Crippen LogP contribution in [-0.2, 0) is 16.6 Å². The van der Waals surface area contributed by atoms with Crippen molar-refractivity contribution in [1.82, 2.24) is 9.21 Å². The fourth-order valence-corrected chi connectivity index (χ4v) is 3.55. The molecule has 120 valence electrons. The molecule has 0 aliphatic carbocycles. The van der Waals surface area contributed by atoms with Crippen LogP contribution in [0.3, 0.4) is 0 Å². The Kier molecular flexibility index (Phi) is 4.12. The molecule has 0 saturated carbocycles. The van der Waals surface area contributed by atoms with Gasteiger partial charge in [0.25, 0.3) is 0 Å². The number of hydrogen-bond donors (Lipinski definition) is 0. The topological polar surface area (TPSA) is 63.0 Å². The Labute approximate surface area is 130 Å². The van der Waals surface area contributed by atoms with Crippen molar-refractivity contribution < 1.29 is 17.6 Å². The van der Waals surface area contributed by atoms with Crippen molar-refractivity contribution in [2.45, 2.75) is 6.54 Å². The average Bonchev–Trinajstić information content (AvgIpc) is 2.88. The Hall–Kier alpha value is -1.57. The van der Waals surface area contributed by atoms with Crippen molar-refractivity contribution in [3.8, 4) is 5.75 Å². The van der Waals surface area contributed by atoms with E-state index in [0.29, 0.717) is 32.7 Å². The van der Waals surface area contributed by atoms with Crippen molar-refractivity contribution in [2.75, 3.05) is 39.5 Å². The van der Waals surface area contributed by atoms with E-state index in [2.05, 4.69) is 4.90 Å². The number of sulfonamides is 1. The SMILES string of the molecule is COc1ccc2oc(CN3CCN(S(C)(=O)=O)CC3)cc2c1. The standard InChI is InChI=1S/C15H20N2O4S/c1-20-13-3-4-15-12(9-13)10-14(21-15)11-16-5-7-17(8-6-16)22(2,18)19/h3-4,9-10H,5-8,11H2,1-2H3. The van der Waals surface area contributed by atoms with Crippen molar-refractivity contribution in [1.29, 1.82) is 0 Å². The molecule has 6 nitrogen and oxygen atoms in total. The van der Waals surface area contributed by atoms with Crippen LogP contribution in [0, 0.1) is 0 Å². The Morgan fingerprint density at radius 2 is 1.91 bits per heavy atom. The minimum Gasteiger partial charge on any atom is -0.497 e. The molecular formula is C15H20N2O4S. The average molecular weight is 324 g/mol. The Morgan fingerprint density at radius 1 is 1.18 bits per heavy atom. The van der Waals surface area contributed by atoms with Crippen LogP contribution in [0.5, 0.6) is 5.75 Å². The summed E-state index contributed by atoms with van der Waals surface area (Å²) < 4.78 is 35.6. The van der Waals surface area contributed by atoms with Gasteiger partial charge in [-0.1, -0.05) is 0 Å². The molecular weight excluding hydrogens is 304 g/mol. The minimum atomic E-state index is -3.08. The van der Waals surface area contributed by atoms with Gasteiger partial charge in [-0.2, -0.15) is 4.31 Å². The number of fused-ring (bicyclic) bond motifs is 1. The number of benzene rings is 1.